The van der Waals surface area contributed by atoms with E-state index < -0.39 is 4.92 Å². The molecule has 0 spiro atoms. The van der Waals surface area contributed by atoms with Crippen LogP contribution in [0, 0.1) is 10.1 Å². The molecule has 0 saturated heterocycles. The molecular weight excluding hydrogens is 272 g/mol. The van der Waals surface area contributed by atoms with Crippen LogP contribution >= 0.6 is 0 Å². The van der Waals surface area contributed by atoms with Gasteiger partial charge in [-0.15, -0.1) is 0 Å². The number of rotatable bonds is 7. The zero-order chi connectivity index (χ0) is 15.1. The maximum Gasteiger partial charge on any atom is 0.373 e. The summed E-state index contributed by atoms with van der Waals surface area (Å²) in [6.07, 6.45) is 3.13. The third-order valence-electron chi connectivity index (χ3n) is 2.75. The van der Waals surface area contributed by atoms with Crippen LogP contribution in [-0.2, 0) is 0 Å². The van der Waals surface area contributed by atoms with Crippen molar-refractivity contribution in [2.75, 3.05) is 11.9 Å². The first-order valence-electron chi connectivity index (χ1n) is 6.68. The fourth-order valence-corrected chi connectivity index (χ4v) is 1.71. The first kappa shape index (κ1) is 14.7. The number of aromatic nitrogens is 2. The monoisotopic (exact) mass is 288 g/mol. The lowest BCUT2D eigenvalue weighted by Gasteiger charge is -2.08. The standard InChI is InChI=1S/C14H16N4O3/c1-2-3-9-15-13-12(18(19)20)14(17-10-16-13)21-11-7-5-4-6-8-11/h4-8,10H,2-3,9H2,1H3,(H,15,16,17). The van der Waals surface area contributed by atoms with Gasteiger partial charge in [-0.2, -0.15) is 4.98 Å². The van der Waals surface area contributed by atoms with Gasteiger partial charge in [0.25, 0.3) is 0 Å². The number of nitrogens with zero attached hydrogens (tertiary/aromatic N) is 3. The van der Waals surface area contributed by atoms with Crippen LogP contribution in [0.5, 0.6) is 11.6 Å². The highest BCUT2D eigenvalue weighted by molar-refractivity contribution is 5.61. The Labute approximate surface area is 122 Å². The average molecular weight is 288 g/mol. The summed E-state index contributed by atoms with van der Waals surface area (Å²) < 4.78 is 5.48. The molecule has 1 N–H and O–H groups in total. The predicted octanol–water partition coefficient (Wildman–Crippen LogP) is 3.39. The number of hydrogen-bond acceptors (Lipinski definition) is 6. The van der Waals surface area contributed by atoms with Gasteiger partial charge in [-0.05, 0) is 18.6 Å². The van der Waals surface area contributed by atoms with Crippen molar-refractivity contribution in [2.45, 2.75) is 19.8 Å². The van der Waals surface area contributed by atoms with Crippen molar-refractivity contribution in [3.8, 4) is 11.6 Å². The molecule has 7 nitrogen and oxygen atoms in total. The van der Waals surface area contributed by atoms with Crippen LogP contribution in [-0.4, -0.2) is 21.4 Å². The van der Waals surface area contributed by atoms with Crippen molar-refractivity contribution in [1.29, 1.82) is 0 Å². The zero-order valence-corrected chi connectivity index (χ0v) is 11.7. The van der Waals surface area contributed by atoms with Gasteiger partial charge < -0.3 is 10.1 Å². The number of nitrogens with one attached hydrogen (secondary N) is 1. The van der Waals surface area contributed by atoms with E-state index in [1.165, 1.54) is 6.33 Å². The quantitative estimate of drug-likeness (QED) is 0.477. The van der Waals surface area contributed by atoms with Crippen LogP contribution in [0.4, 0.5) is 11.5 Å². The first-order chi connectivity index (χ1) is 10.2. The van der Waals surface area contributed by atoms with Crippen LogP contribution in [0.15, 0.2) is 36.7 Å². The molecule has 1 heterocycles. The SMILES string of the molecule is CCCCNc1ncnc(Oc2ccccc2)c1[N+](=O)[O-]. The van der Waals surface area contributed by atoms with Gasteiger partial charge in [0.2, 0.25) is 5.82 Å². The number of nitro groups is 1. The van der Waals surface area contributed by atoms with Gasteiger partial charge in [-0.25, -0.2) is 4.98 Å². The van der Waals surface area contributed by atoms with Crippen molar-refractivity contribution in [3.05, 3.63) is 46.8 Å². The average Bonchev–Trinajstić information content (AvgIpc) is 2.48. The second kappa shape index (κ2) is 7.18. The molecule has 0 unspecified atom stereocenters. The number of ether oxygens (including phenoxy) is 1. The minimum absolute atomic E-state index is 0.0693. The summed E-state index contributed by atoms with van der Waals surface area (Å²) in [7, 11) is 0. The van der Waals surface area contributed by atoms with E-state index >= 15 is 0 Å². The van der Waals surface area contributed by atoms with Crippen molar-refractivity contribution in [3.63, 3.8) is 0 Å². The fourth-order valence-electron chi connectivity index (χ4n) is 1.71. The molecule has 7 heteroatoms. The van der Waals surface area contributed by atoms with Crippen molar-refractivity contribution in [1.82, 2.24) is 9.97 Å². The molecule has 0 radical (unpaired) electrons. The Morgan fingerprint density at radius 2 is 2.05 bits per heavy atom. The van der Waals surface area contributed by atoms with E-state index in [9.17, 15) is 10.1 Å². The Kier molecular flexibility index (Phi) is 5.03. The van der Waals surface area contributed by atoms with Crippen LogP contribution in [0.1, 0.15) is 19.8 Å². The molecule has 0 atom stereocenters. The van der Waals surface area contributed by atoms with E-state index in [1.54, 1.807) is 24.3 Å². The number of unbranched alkanes of at least 4 members (excludes halogenated alkanes) is 1. The topological polar surface area (TPSA) is 90.2 Å². The summed E-state index contributed by atoms with van der Waals surface area (Å²) >= 11 is 0. The molecule has 1 aromatic carbocycles. The number of hydrogen-bond donors (Lipinski definition) is 1. The van der Waals surface area contributed by atoms with Gasteiger partial charge in [-0.1, -0.05) is 31.5 Å². The summed E-state index contributed by atoms with van der Waals surface area (Å²) in [6, 6.07) is 8.80. The van der Waals surface area contributed by atoms with Gasteiger partial charge in [0.1, 0.15) is 12.1 Å². The van der Waals surface area contributed by atoms with E-state index in [0.717, 1.165) is 12.8 Å². The summed E-state index contributed by atoms with van der Waals surface area (Å²) in [5.74, 6) is 0.591. The van der Waals surface area contributed by atoms with Gasteiger partial charge in [0.05, 0.1) is 4.92 Å². The highest BCUT2D eigenvalue weighted by Gasteiger charge is 2.24. The Hall–Kier alpha value is -2.70. The molecule has 0 amide bonds. The molecule has 110 valence electrons. The highest BCUT2D eigenvalue weighted by Crippen LogP contribution is 2.33. The number of anilines is 1. The molecule has 0 fully saturated rings. The van der Waals surface area contributed by atoms with Gasteiger partial charge in [-0.3, -0.25) is 10.1 Å². The molecule has 0 aliphatic rings. The van der Waals surface area contributed by atoms with E-state index in [2.05, 4.69) is 15.3 Å². The Morgan fingerprint density at radius 1 is 1.29 bits per heavy atom. The minimum atomic E-state index is -0.535. The second-order valence-corrected chi connectivity index (χ2v) is 4.33. The Balaban J connectivity index is 2.28. The second-order valence-electron chi connectivity index (χ2n) is 4.33. The van der Waals surface area contributed by atoms with Crippen molar-refractivity contribution < 1.29 is 9.66 Å². The summed E-state index contributed by atoms with van der Waals surface area (Å²) in [5, 5.41) is 14.2. The predicted molar refractivity (Wildman–Crippen MR) is 78.6 cm³/mol. The lowest BCUT2D eigenvalue weighted by atomic mass is 10.3. The molecule has 2 rings (SSSR count). The van der Waals surface area contributed by atoms with Crippen LogP contribution in [0.3, 0.4) is 0 Å². The third-order valence-corrected chi connectivity index (χ3v) is 2.75. The molecular formula is C14H16N4O3. The molecule has 0 saturated carbocycles. The number of benzene rings is 1. The van der Waals surface area contributed by atoms with E-state index in [4.69, 9.17) is 4.74 Å². The van der Waals surface area contributed by atoms with Gasteiger partial charge in [0, 0.05) is 6.54 Å². The third kappa shape index (κ3) is 3.88. The maximum atomic E-state index is 11.3. The lowest BCUT2D eigenvalue weighted by molar-refractivity contribution is -0.385. The summed E-state index contributed by atoms with van der Waals surface area (Å²) in [6.45, 7) is 2.65. The fraction of sp³-hybridized carbons (Fsp3) is 0.286. The van der Waals surface area contributed by atoms with Crippen molar-refractivity contribution in [2.24, 2.45) is 0 Å². The molecule has 1 aromatic heterocycles. The van der Waals surface area contributed by atoms with E-state index in [0.29, 0.717) is 12.3 Å². The normalized spacial score (nSPS) is 10.1. The Bertz CT molecular complexity index is 604. The van der Waals surface area contributed by atoms with Crippen LogP contribution < -0.4 is 10.1 Å². The largest absolute Gasteiger partial charge is 0.434 e. The molecule has 21 heavy (non-hydrogen) atoms. The van der Waals surface area contributed by atoms with Crippen molar-refractivity contribution >= 4 is 11.5 Å². The van der Waals surface area contributed by atoms with Gasteiger partial charge >= 0.3 is 11.6 Å². The molecule has 0 aliphatic carbocycles. The molecule has 2 aromatic rings. The van der Waals surface area contributed by atoms with Crippen LogP contribution in [0.25, 0.3) is 0 Å². The minimum Gasteiger partial charge on any atom is -0.434 e. The molecule has 0 aliphatic heterocycles. The molecule has 0 bridgehead atoms. The van der Waals surface area contributed by atoms with E-state index in [1.807, 2.05) is 13.0 Å². The number of para-hydroxylation sites is 1. The van der Waals surface area contributed by atoms with Crippen LogP contribution in [0.2, 0.25) is 0 Å². The Morgan fingerprint density at radius 3 is 2.71 bits per heavy atom. The highest BCUT2D eigenvalue weighted by atomic mass is 16.6. The lowest BCUT2D eigenvalue weighted by Crippen LogP contribution is -2.07. The zero-order valence-electron chi connectivity index (χ0n) is 11.7. The van der Waals surface area contributed by atoms with E-state index in [-0.39, 0.29) is 17.4 Å². The smallest absolute Gasteiger partial charge is 0.373 e. The summed E-state index contributed by atoms with van der Waals surface area (Å²) in [5.41, 5.74) is -0.252. The first-order valence-corrected chi connectivity index (χ1v) is 6.68. The van der Waals surface area contributed by atoms with Gasteiger partial charge in [0.15, 0.2) is 0 Å². The maximum absolute atomic E-state index is 11.3. The summed E-state index contributed by atoms with van der Waals surface area (Å²) in [4.78, 5) is 18.5.